The molecule has 0 aliphatic carbocycles. The van der Waals surface area contributed by atoms with Gasteiger partial charge in [0.2, 0.25) is 0 Å². The van der Waals surface area contributed by atoms with Crippen LogP contribution in [0.3, 0.4) is 0 Å². The van der Waals surface area contributed by atoms with E-state index in [1.54, 1.807) is 6.07 Å². The molecule has 0 spiro atoms. The molecule has 1 saturated heterocycles. The molecule has 2 rings (SSSR count). The van der Waals surface area contributed by atoms with Crippen LogP contribution in [0, 0.1) is 5.82 Å². The summed E-state index contributed by atoms with van der Waals surface area (Å²) in [6, 6.07) is 5.44. The summed E-state index contributed by atoms with van der Waals surface area (Å²) < 4.78 is 13.4. The molecule has 0 amide bonds. The second-order valence-electron chi connectivity index (χ2n) is 5.28. The molecule has 1 heterocycles. The SMILES string of the molecule is CCC1CCC(C)N1Cc1ccc(F)c(C(=O)O)c1. The predicted molar refractivity (Wildman–Crippen MR) is 71.7 cm³/mol. The zero-order valence-electron chi connectivity index (χ0n) is 11.4. The molecule has 0 saturated carbocycles. The Balaban J connectivity index is 2.19. The molecule has 0 radical (unpaired) electrons. The highest BCUT2D eigenvalue weighted by molar-refractivity contribution is 5.88. The number of benzene rings is 1. The van der Waals surface area contributed by atoms with E-state index in [4.69, 9.17) is 5.11 Å². The van der Waals surface area contributed by atoms with Crippen LogP contribution in [0.15, 0.2) is 18.2 Å². The number of rotatable bonds is 4. The van der Waals surface area contributed by atoms with Crippen LogP contribution in [0.1, 0.15) is 49.0 Å². The third kappa shape index (κ3) is 2.95. The smallest absolute Gasteiger partial charge is 0.338 e. The number of hydrogen-bond donors (Lipinski definition) is 1. The monoisotopic (exact) mass is 265 g/mol. The Labute approximate surface area is 113 Å². The lowest BCUT2D eigenvalue weighted by atomic mass is 10.1. The summed E-state index contributed by atoms with van der Waals surface area (Å²) in [6.07, 6.45) is 3.45. The first-order valence-electron chi connectivity index (χ1n) is 6.80. The molecule has 2 unspecified atom stereocenters. The third-order valence-corrected chi connectivity index (χ3v) is 4.05. The van der Waals surface area contributed by atoms with Crippen LogP contribution in [-0.2, 0) is 6.54 Å². The van der Waals surface area contributed by atoms with Gasteiger partial charge in [-0.3, -0.25) is 4.90 Å². The standard InChI is InChI=1S/C15H20FNO2/c1-3-12-6-4-10(2)17(12)9-11-5-7-14(16)13(8-11)15(18)19/h5,7-8,10,12H,3-4,6,9H2,1-2H3,(H,18,19). The Morgan fingerprint density at radius 1 is 1.47 bits per heavy atom. The fraction of sp³-hybridized carbons (Fsp3) is 0.533. The lowest BCUT2D eigenvalue weighted by Crippen LogP contribution is -2.33. The average Bonchev–Trinajstić information content (AvgIpc) is 2.72. The summed E-state index contributed by atoms with van der Waals surface area (Å²) in [5, 5.41) is 8.95. The van der Waals surface area contributed by atoms with Gasteiger partial charge in [-0.25, -0.2) is 9.18 Å². The molecule has 4 heteroatoms. The van der Waals surface area contributed by atoms with Gasteiger partial charge < -0.3 is 5.11 Å². The number of halogens is 1. The normalized spacial score (nSPS) is 23.7. The van der Waals surface area contributed by atoms with Gasteiger partial charge in [-0.1, -0.05) is 13.0 Å². The average molecular weight is 265 g/mol. The van der Waals surface area contributed by atoms with E-state index in [1.165, 1.54) is 25.0 Å². The van der Waals surface area contributed by atoms with Crippen LogP contribution in [0.5, 0.6) is 0 Å². The summed E-state index contributed by atoms with van der Waals surface area (Å²) in [7, 11) is 0. The van der Waals surface area contributed by atoms with Crippen LogP contribution in [-0.4, -0.2) is 28.1 Å². The molecule has 0 bridgehead atoms. The molecule has 1 aromatic rings. The van der Waals surface area contributed by atoms with E-state index in [0.717, 1.165) is 12.0 Å². The Hall–Kier alpha value is -1.42. The first-order valence-corrected chi connectivity index (χ1v) is 6.80. The van der Waals surface area contributed by atoms with Gasteiger partial charge >= 0.3 is 5.97 Å². The molecule has 1 fully saturated rings. The van der Waals surface area contributed by atoms with Crippen molar-refractivity contribution in [2.45, 2.75) is 51.7 Å². The van der Waals surface area contributed by atoms with E-state index in [9.17, 15) is 9.18 Å². The molecule has 1 aliphatic heterocycles. The van der Waals surface area contributed by atoms with E-state index in [1.807, 2.05) is 0 Å². The van der Waals surface area contributed by atoms with Crippen molar-refractivity contribution in [1.82, 2.24) is 4.90 Å². The van der Waals surface area contributed by atoms with Gasteiger partial charge in [0.25, 0.3) is 0 Å². The number of nitrogens with zero attached hydrogens (tertiary/aromatic N) is 1. The number of aromatic carboxylic acids is 1. The van der Waals surface area contributed by atoms with Crippen molar-refractivity contribution in [2.75, 3.05) is 0 Å². The van der Waals surface area contributed by atoms with Gasteiger partial charge in [0.15, 0.2) is 0 Å². The highest BCUT2D eigenvalue weighted by Crippen LogP contribution is 2.28. The van der Waals surface area contributed by atoms with Gasteiger partial charge in [-0.15, -0.1) is 0 Å². The van der Waals surface area contributed by atoms with Gasteiger partial charge in [0, 0.05) is 18.6 Å². The van der Waals surface area contributed by atoms with Crippen molar-refractivity contribution in [3.05, 3.63) is 35.1 Å². The van der Waals surface area contributed by atoms with Crippen LogP contribution in [0.25, 0.3) is 0 Å². The van der Waals surface area contributed by atoms with Crippen LogP contribution in [0.4, 0.5) is 4.39 Å². The zero-order chi connectivity index (χ0) is 14.0. The van der Waals surface area contributed by atoms with Crippen molar-refractivity contribution in [1.29, 1.82) is 0 Å². The zero-order valence-corrected chi connectivity index (χ0v) is 11.4. The fourth-order valence-electron chi connectivity index (χ4n) is 2.89. The number of carboxylic acids is 1. The van der Waals surface area contributed by atoms with E-state index in [2.05, 4.69) is 18.7 Å². The van der Waals surface area contributed by atoms with Crippen molar-refractivity contribution in [3.8, 4) is 0 Å². The number of likely N-dealkylation sites (tertiary alicyclic amines) is 1. The largest absolute Gasteiger partial charge is 0.478 e. The van der Waals surface area contributed by atoms with Crippen LogP contribution >= 0.6 is 0 Å². The highest BCUT2D eigenvalue weighted by Gasteiger charge is 2.29. The molecule has 2 atom stereocenters. The predicted octanol–water partition coefficient (Wildman–Crippen LogP) is 3.29. The molecule has 0 aromatic heterocycles. The number of carbonyl (C=O) groups is 1. The summed E-state index contributed by atoms with van der Waals surface area (Å²) in [4.78, 5) is 13.3. The van der Waals surface area contributed by atoms with Crippen LogP contribution in [0.2, 0.25) is 0 Å². The lowest BCUT2D eigenvalue weighted by molar-refractivity contribution is 0.0691. The van der Waals surface area contributed by atoms with E-state index in [0.29, 0.717) is 18.6 Å². The lowest BCUT2D eigenvalue weighted by Gasteiger charge is -2.27. The Morgan fingerprint density at radius 2 is 2.21 bits per heavy atom. The Kier molecular flexibility index (Phi) is 4.20. The van der Waals surface area contributed by atoms with E-state index < -0.39 is 11.8 Å². The van der Waals surface area contributed by atoms with Gasteiger partial charge in [-0.2, -0.15) is 0 Å². The molecular weight excluding hydrogens is 245 g/mol. The van der Waals surface area contributed by atoms with Gasteiger partial charge in [0.05, 0.1) is 5.56 Å². The maximum Gasteiger partial charge on any atom is 0.338 e. The van der Waals surface area contributed by atoms with Crippen molar-refractivity contribution in [2.24, 2.45) is 0 Å². The minimum Gasteiger partial charge on any atom is -0.478 e. The minimum atomic E-state index is -1.21. The number of hydrogen-bond acceptors (Lipinski definition) is 2. The summed E-state index contributed by atoms with van der Waals surface area (Å²) in [5.41, 5.74) is 0.628. The molecular formula is C15H20FNO2. The maximum absolute atomic E-state index is 13.4. The Bertz CT molecular complexity index is 475. The molecule has 104 valence electrons. The first kappa shape index (κ1) is 14.0. The molecule has 3 nitrogen and oxygen atoms in total. The molecule has 19 heavy (non-hydrogen) atoms. The maximum atomic E-state index is 13.4. The molecule has 1 aromatic carbocycles. The number of carboxylic acid groups (broad SMARTS) is 1. The van der Waals surface area contributed by atoms with Gasteiger partial charge in [-0.05, 0) is 43.9 Å². The molecule has 1 aliphatic rings. The summed E-state index contributed by atoms with van der Waals surface area (Å²) >= 11 is 0. The third-order valence-electron chi connectivity index (χ3n) is 4.05. The topological polar surface area (TPSA) is 40.5 Å². The van der Waals surface area contributed by atoms with Crippen LogP contribution < -0.4 is 0 Å². The summed E-state index contributed by atoms with van der Waals surface area (Å²) in [5.74, 6) is -1.88. The first-order chi connectivity index (χ1) is 9.02. The minimum absolute atomic E-state index is 0.239. The van der Waals surface area contributed by atoms with Crippen molar-refractivity contribution >= 4 is 5.97 Å². The van der Waals surface area contributed by atoms with E-state index in [-0.39, 0.29) is 5.56 Å². The van der Waals surface area contributed by atoms with Crippen molar-refractivity contribution in [3.63, 3.8) is 0 Å². The van der Waals surface area contributed by atoms with Crippen molar-refractivity contribution < 1.29 is 14.3 Å². The highest BCUT2D eigenvalue weighted by atomic mass is 19.1. The fourth-order valence-corrected chi connectivity index (χ4v) is 2.89. The quantitative estimate of drug-likeness (QED) is 0.908. The summed E-state index contributed by atoms with van der Waals surface area (Å²) in [6.45, 7) is 5.06. The second kappa shape index (κ2) is 5.70. The van der Waals surface area contributed by atoms with E-state index >= 15 is 0 Å². The second-order valence-corrected chi connectivity index (χ2v) is 5.28. The molecule has 1 N–H and O–H groups in total. The Morgan fingerprint density at radius 3 is 2.84 bits per heavy atom. The van der Waals surface area contributed by atoms with Gasteiger partial charge in [0.1, 0.15) is 5.82 Å².